The predicted octanol–water partition coefficient (Wildman–Crippen LogP) is 3.76. The third kappa shape index (κ3) is 4.01. The zero-order valence-corrected chi connectivity index (χ0v) is 15.7. The summed E-state index contributed by atoms with van der Waals surface area (Å²) in [6.07, 6.45) is 9.33. The van der Waals surface area contributed by atoms with E-state index in [2.05, 4.69) is 4.90 Å². The normalized spacial score (nSPS) is 22.8. The highest BCUT2D eigenvalue weighted by atomic mass is 16.2. The summed E-state index contributed by atoms with van der Waals surface area (Å²) >= 11 is 0. The molecule has 2 saturated carbocycles. The van der Waals surface area contributed by atoms with E-state index in [0.717, 1.165) is 57.0 Å². The highest BCUT2D eigenvalue weighted by Crippen LogP contribution is 2.28. The summed E-state index contributed by atoms with van der Waals surface area (Å²) in [6, 6.07) is 8.19. The Balaban J connectivity index is 1.37. The van der Waals surface area contributed by atoms with E-state index >= 15 is 0 Å². The Labute approximate surface area is 156 Å². The molecule has 3 aliphatic rings. The van der Waals surface area contributed by atoms with E-state index in [0.29, 0.717) is 5.56 Å². The van der Waals surface area contributed by atoms with Gasteiger partial charge in [0.25, 0.3) is 5.91 Å². The fourth-order valence-electron chi connectivity index (χ4n) is 4.51. The minimum atomic E-state index is 0.110. The number of rotatable bonds is 4. The van der Waals surface area contributed by atoms with Crippen molar-refractivity contribution < 1.29 is 9.59 Å². The Hall–Kier alpha value is -1.68. The molecule has 0 spiro atoms. The molecule has 0 aromatic heterocycles. The fraction of sp³-hybridized carbons (Fsp3) is 0.636. The molecular formula is C22H30N2O2. The van der Waals surface area contributed by atoms with Gasteiger partial charge < -0.3 is 4.90 Å². The monoisotopic (exact) mass is 354 g/mol. The number of carbonyl (C=O) groups excluding carboxylic acids is 2. The SMILES string of the molecule is O=C(c1ccc(C(=O)N2CCCN(C3CC3)CC2)cc1)C1CCCCC1. The standard InChI is InChI=1S/C22H30N2O2/c25-21(17-5-2-1-3-6-17)18-7-9-19(10-8-18)22(26)24-14-4-13-23(15-16-24)20-11-12-20/h7-10,17,20H,1-6,11-16H2. The van der Waals surface area contributed by atoms with Crippen LogP contribution in [0.1, 0.15) is 72.1 Å². The lowest BCUT2D eigenvalue weighted by Crippen LogP contribution is -2.35. The third-order valence-corrected chi connectivity index (χ3v) is 6.27. The van der Waals surface area contributed by atoms with E-state index in [4.69, 9.17) is 0 Å². The number of carbonyl (C=O) groups is 2. The fourth-order valence-corrected chi connectivity index (χ4v) is 4.51. The van der Waals surface area contributed by atoms with Crippen molar-refractivity contribution in [2.45, 2.75) is 57.4 Å². The smallest absolute Gasteiger partial charge is 0.253 e. The van der Waals surface area contributed by atoms with Gasteiger partial charge in [0.15, 0.2) is 5.78 Å². The first-order valence-electron chi connectivity index (χ1n) is 10.4. The van der Waals surface area contributed by atoms with Crippen LogP contribution in [0.5, 0.6) is 0 Å². The number of hydrogen-bond acceptors (Lipinski definition) is 3. The molecule has 4 nitrogen and oxygen atoms in total. The van der Waals surface area contributed by atoms with Gasteiger partial charge in [-0.1, -0.05) is 31.4 Å². The number of Topliss-reactive ketones (excluding diaryl/α,β-unsaturated/α-hetero) is 1. The lowest BCUT2D eigenvalue weighted by Gasteiger charge is -2.22. The first-order chi connectivity index (χ1) is 12.7. The number of ketones is 1. The summed E-state index contributed by atoms with van der Waals surface area (Å²) in [6.45, 7) is 3.76. The molecule has 3 fully saturated rings. The molecule has 1 aliphatic heterocycles. The minimum absolute atomic E-state index is 0.110. The first-order valence-corrected chi connectivity index (χ1v) is 10.4. The van der Waals surface area contributed by atoms with Gasteiger partial charge in [-0.25, -0.2) is 0 Å². The van der Waals surface area contributed by atoms with Crippen LogP contribution in [0.3, 0.4) is 0 Å². The topological polar surface area (TPSA) is 40.6 Å². The van der Waals surface area contributed by atoms with Gasteiger partial charge in [-0.2, -0.15) is 0 Å². The highest BCUT2D eigenvalue weighted by molar-refractivity contribution is 6.00. The zero-order chi connectivity index (χ0) is 17.9. The van der Waals surface area contributed by atoms with Crippen LogP contribution in [0.4, 0.5) is 0 Å². The van der Waals surface area contributed by atoms with Crippen molar-refractivity contribution in [2.24, 2.45) is 5.92 Å². The maximum absolute atomic E-state index is 12.8. The van der Waals surface area contributed by atoms with E-state index in [1.807, 2.05) is 29.2 Å². The summed E-state index contributed by atoms with van der Waals surface area (Å²) in [7, 11) is 0. The molecule has 1 heterocycles. The van der Waals surface area contributed by atoms with Gasteiger partial charge in [-0.05, 0) is 44.2 Å². The van der Waals surface area contributed by atoms with Crippen LogP contribution in [0.25, 0.3) is 0 Å². The van der Waals surface area contributed by atoms with E-state index in [1.165, 1.54) is 32.1 Å². The number of nitrogens with zero attached hydrogens (tertiary/aromatic N) is 2. The second kappa shape index (κ2) is 7.91. The second-order valence-electron chi connectivity index (χ2n) is 8.19. The van der Waals surface area contributed by atoms with E-state index in [9.17, 15) is 9.59 Å². The summed E-state index contributed by atoms with van der Waals surface area (Å²) in [5.74, 6) is 0.558. The van der Waals surface area contributed by atoms with Gasteiger partial charge in [-0.15, -0.1) is 0 Å². The van der Waals surface area contributed by atoms with Gasteiger partial charge >= 0.3 is 0 Å². The van der Waals surface area contributed by atoms with E-state index in [-0.39, 0.29) is 17.6 Å². The van der Waals surface area contributed by atoms with Crippen LogP contribution < -0.4 is 0 Å². The van der Waals surface area contributed by atoms with Crippen molar-refractivity contribution in [1.82, 2.24) is 9.80 Å². The number of amides is 1. The van der Waals surface area contributed by atoms with Crippen LogP contribution in [-0.4, -0.2) is 53.7 Å². The largest absolute Gasteiger partial charge is 0.337 e. The van der Waals surface area contributed by atoms with Crippen molar-refractivity contribution in [3.05, 3.63) is 35.4 Å². The molecule has 4 heteroatoms. The molecule has 140 valence electrons. The molecule has 1 amide bonds. The molecule has 1 aromatic rings. The van der Waals surface area contributed by atoms with E-state index in [1.54, 1.807) is 0 Å². The van der Waals surface area contributed by atoms with Gasteiger partial charge in [0.05, 0.1) is 0 Å². The maximum atomic E-state index is 12.8. The van der Waals surface area contributed by atoms with Crippen molar-refractivity contribution in [1.29, 1.82) is 0 Å². The molecule has 4 rings (SSSR count). The summed E-state index contributed by atoms with van der Waals surface area (Å²) in [5, 5.41) is 0. The van der Waals surface area contributed by atoms with E-state index < -0.39 is 0 Å². The summed E-state index contributed by atoms with van der Waals surface area (Å²) in [4.78, 5) is 30.0. The molecule has 0 atom stereocenters. The van der Waals surface area contributed by atoms with Crippen LogP contribution in [0.2, 0.25) is 0 Å². The Kier molecular flexibility index (Phi) is 5.39. The van der Waals surface area contributed by atoms with Crippen LogP contribution in [0, 0.1) is 5.92 Å². The lowest BCUT2D eigenvalue weighted by molar-refractivity contribution is 0.0760. The van der Waals surface area contributed by atoms with Gasteiger partial charge in [0.1, 0.15) is 0 Å². The molecular weight excluding hydrogens is 324 g/mol. The van der Waals surface area contributed by atoms with Crippen LogP contribution in [0.15, 0.2) is 24.3 Å². The number of benzene rings is 1. The molecule has 1 aromatic carbocycles. The summed E-state index contributed by atoms with van der Waals surface area (Å²) < 4.78 is 0. The third-order valence-electron chi connectivity index (χ3n) is 6.27. The maximum Gasteiger partial charge on any atom is 0.253 e. The Morgan fingerprint density at radius 2 is 1.42 bits per heavy atom. The predicted molar refractivity (Wildman–Crippen MR) is 102 cm³/mol. The Bertz CT molecular complexity index is 645. The second-order valence-corrected chi connectivity index (χ2v) is 8.19. The molecule has 26 heavy (non-hydrogen) atoms. The van der Waals surface area contributed by atoms with Gasteiger partial charge in [0, 0.05) is 49.3 Å². The van der Waals surface area contributed by atoms with Crippen LogP contribution >= 0.6 is 0 Å². The molecule has 0 N–H and O–H groups in total. The van der Waals surface area contributed by atoms with Crippen LogP contribution in [-0.2, 0) is 0 Å². The van der Waals surface area contributed by atoms with Crippen molar-refractivity contribution >= 4 is 11.7 Å². The van der Waals surface area contributed by atoms with Gasteiger partial charge in [-0.3, -0.25) is 14.5 Å². The average Bonchev–Trinajstić information content (AvgIpc) is 3.54. The zero-order valence-electron chi connectivity index (χ0n) is 15.7. The minimum Gasteiger partial charge on any atom is -0.337 e. The Morgan fingerprint density at radius 3 is 2.12 bits per heavy atom. The average molecular weight is 354 g/mol. The Morgan fingerprint density at radius 1 is 0.731 bits per heavy atom. The molecule has 0 unspecified atom stereocenters. The van der Waals surface area contributed by atoms with Crippen molar-refractivity contribution in [2.75, 3.05) is 26.2 Å². The quantitative estimate of drug-likeness (QED) is 0.773. The molecule has 1 saturated heterocycles. The van der Waals surface area contributed by atoms with Gasteiger partial charge in [0.2, 0.25) is 0 Å². The molecule has 0 bridgehead atoms. The molecule has 2 aliphatic carbocycles. The lowest BCUT2D eigenvalue weighted by atomic mass is 9.84. The molecule has 0 radical (unpaired) electrons. The number of hydrogen-bond donors (Lipinski definition) is 0. The van der Waals surface area contributed by atoms with Crippen molar-refractivity contribution in [3.63, 3.8) is 0 Å². The highest BCUT2D eigenvalue weighted by Gasteiger charge is 2.31. The van der Waals surface area contributed by atoms with Crippen molar-refractivity contribution in [3.8, 4) is 0 Å². The first kappa shape index (κ1) is 17.7. The summed E-state index contributed by atoms with van der Waals surface area (Å²) in [5.41, 5.74) is 1.48.